The molecular weight excluding hydrogens is 292 g/mol. The van der Waals surface area contributed by atoms with E-state index in [1.807, 2.05) is 30.3 Å². The zero-order chi connectivity index (χ0) is 15.8. The molecule has 4 aromatic rings. The Bertz CT molecular complexity index is 1020. The van der Waals surface area contributed by atoms with Crippen LogP contribution >= 0.6 is 0 Å². The summed E-state index contributed by atoms with van der Waals surface area (Å²) in [4.78, 5) is 27.2. The van der Waals surface area contributed by atoms with Crippen molar-refractivity contribution in [3.8, 4) is 11.4 Å². The minimum Gasteiger partial charge on any atom is -0.462 e. The molecule has 6 heteroatoms. The van der Waals surface area contributed by atoms with Crippen LogP contribution in [0.5, 0.6) is 0 Å². The summed E-state index contributed by atoms with van der Waals surface area (Å²) >= 11 is 0. The van der Waals surface area contributed by atoms with Crippen molar-refractivity contribution in [2.45, 2.75) is 6.92 Å². The van der Waals surface area contributed by atoms with Gasteiger partial charge in [-0.15, -0.1) is 0 Å². The van der Waals surface area contributed by atoms with Crippen molar-refractivity contribution in [3.05, 3.63) is 48.3 Å². The van der Waals surface area contributed by atoms with Gasteiger partial charge in [0.15, 0.2) is 0 Å². The predicted molar refractivity (Wildman–Crippen MR) is 87.1 cm³/mol. The molecule has 0 amide bonds. The van der Waals surface area contributed by atoms with Crippen molar-refractivity contribution < 1.29 is 9.53 Å². The highest BCUT2D eigenvalue weighted by Gasteiger charge is 2.15. The summed E-state index contributed by atoms with van der Waals surface area (Å²) in [7, 11) is 0. The van der Waals surface area contributed by atoms with Gasteiger partial charge in [-0.05, 0) is 37.3 Å². The number of rotatable bonds is 3. The quantitative estimate of drug-likeness (QED) is 0.569. The van der Waals surface area contributed by atoms with E-state index in [9.17, 15) is 4.79 Å². The summed E-state index contributed by atoms with van der Waals surface area (Å²) < 4.78 is 5.09. The second-order valence-electron chi connectivity index (χ2n) is 5.14. The van der Waals surface area contributed by atoms with E-state index in [1.54, 1.807) is 19.3 Å². The lowest BCUT2D eigenvalue weighted by Gasteiger charge is -2.01. The van der Waals surface area contributed by atoms with Gasteiger partial charge in [0, 0.05) is 5.56 Å². The van der Waals surface area contributed by atoms with Crippen LogP contribution in [0, 0.1) is 0 Å². The lowest BCUT2D eigenvalue weighted by molar-refractivity contribution is 0.0528. The molecule has 0 bridgehead atoms. The van der Waals surface area contributed by atoms with Gasteiger partial charge in [-0.1, -0.05) is 6.07 Å². The van der Waals surface area contributed by atoms with Crippen LogP contribution in [0.25, 0.3) is 33.5 Å². The molecule has 2 aromatic heterocycles. The second-order valence-corrected chi connectivity index (χ2v) is 5.14. The predicted octanol–water partition coefficient (Wildman–Crippen LogP) is 3.28. The average Bonchev–Trinajstić information content (AvgIpc) is 3.20. The monoisotopic (exact) mass is 306 g/mol. The maximum absolute atomic E-state index is 12.1. The number of aromatic nitrogens is 4. The van der Waals surface area contributed by atoms with Crippen LogP contribution in [0.3, 0.4) is 0 Å². The zero-order valence-electron chi connectivity index (χ0n) is 12.5. The van der Waals surface area contributed by atoms with Crippen molar-refractivity contribution >= 4 is 28.0 Å². The Labute approximate surface area is 131 Å². The minimum atomic E-state index is -0.361. The van der Waals surface area contributed by atoms with Crippen LogP contribution in [-0.2, 0) is 4.74 Å². The summed E-state index contributed by atoms with van der Waals surface area (Å²) in [5.41, 5.74) is 4.65. The molecule has 0 aliphatic carbocycles. The first-order valence-electron chi connectivity index (χ1n) is 7.35. The van der Waals surface area contributed by atoms with E-state index < -0.39 is 0 Å². The van der Waals surface area contributed by atoms with Crippen molar-refractivity contribution in [2.24, 2.45) is 0 Å². The van der Waals surface area contributed by atoms with Crippen molar-refractivity contribution in [1.82, 2.24) is 19.9 Å². The normalized spacial score (nSPS) is 11.2. The molecule has 2 aromatic carbocycles. The van der Waals surface area contributed by atoms with Crippen LogP contribution in [-0.4, -0.2) is 32.5 Å². The lowest BCUT2D eigenvalue weighted by atomic mass is 10.2. The Balaban J connectivity index is 1.85. The highest BCUT2D eigenvalue weighted by Crippen LogP contribution is 2.25. The molecule has 0 aliphatic heterocycles. The number of para-hydroxylation sites is 1. The standard InChI is InChI=1S/C17H14N4O2/c1-2-23-17(22)11-4-3-5-13-15(11)21-16(20-13)10-6-7-12-14(8-10)19-9-18-12/h3-9H,2H2,1H3,(H,18,19)(H,20,21). The number of nitrogens with one attached hydrogen (secondary N) is 2. The number of carbonyl (C=O) groups is 1. The Kier molecular flexibility index (Phi) is 3.08. The van der Waals surface area contributed by atoms with Crippen molar-refractivity contribution in [1.29, 1.82) is 0 Å². The Hall–Kier alpha value is -3.15. The molecule has 0 unspecified atom stereocenters. The molecule has 0 saturated heterocycles. The van der Waals surface area contributed by atoms with Gasteiger partial charge >= 0.3 is 5.97 Å². The number of esters is 1. The molecule has 0 saturated carbocycles. The molecule has 6 nitrogen and oxygen atoms in total. The molecule has 0 aliphatic rings. The summed E-state index contributed by atoms with van der Waals surface area (Å²) in [6.45, 7) is 2.12. The van der Waals surface area contributed by atoms with E-state index in [1.165, 1.54) is 0 Å². The Morgan fingerprint density at radius 3 is 3.00 bits per heavy atom. The summed E-state index contributed by atoms with van der Waals surface area (Å²) in [6.07, 6.45) is 1.66. The van der Waals surface area contributed by atoms with Gasteiger partial charge in [0.2, 0.25) is 0 Å². The average molecular weight is 306 g/mol. The van der Waals surface area contributed by atoms with Gasteiger partial charge in [0.05, 0.1) is 35.0 Å². The molecule has 2 N–H and O–H groups in total. The molecule has 23 heavy (non-hydrogen) atoms. The number of nitrogens with zero attached hydrogens (tertiary/aromatic N) is 2. The van der Waals surface area contributed by atoms with Crippen molar-refractivity contribution in [2.75, 3.05) is 6.61 Å². The Morgan fingerprint density at radius 1 is 1.22 bits per heavy atom. The fourth-order valence-corrected chi connectivity index (χ4v) is 2.63. The molecule has 0 fully saturated rings. The van der Waals surface area contributed by atoms with Gasteiger partial charge in [-0.2, -0.15) is 0 Å². The van der Waals surface area contributed by atoms with Crippen LogP contribution in [0.15, 0.2) is 42.7 Å². The number of benzene rings is 2. The number of hydrogen-bond acceptors (Lipinski definition) is 4. The number of imidazole rings is 2. The first kappa shape index (κ1) is 13.5. The van der Waals surface area contributed by atoms with E-state index in [0.29, 0.717) is 23.5 Å². The highest BCUT2D eigenvalue weighted by atomic mass is 16.5. The molecule has 0 spiro atoms. The number of aromatic amines is 2. The van der Waals surface area contributed by atoms with Crippen LogP contribution in [0.2, 0.25) is 0 Å². The number of hydrogen-bond donors (Lipinski definition) is 2. The third kappa shape index (κ3) is 2.24. The minimum absolute atomic E-state index is 0.336. The highest BCUT2D eigenvalue weighted by molar-refractivity contribution is 6.02. The van der Waals surface area contributed by atoms with Crippen molar-refractivity contribution in [3.63, 3.8) is 0 Å². The zero-order valence-corrected chi connectivity index (χ0v) is 12.5. The van der Waals surface area contributed by atoms with Gasteiger partial charge in [0.1, 0.15) is 11.3 Å². The fraction of sp³-hybridized carbons (Fsp3) is 0.118. The smallest absolute Gasteiger partial charge is 0.340 e. The van der Waals surface area contributed by atoms with Gasteiger partial charge in [0.25, 0.3) is 0 Å². The van der Waals surface area contributed by atoms with E-state index >= 15 is 0 Å². The molecule has 2 heterocycles. The molecule has 0 radical (unpaired) electrons. The number of H-pyrrole nitrogens is 2. The fourth-order valence-electron chi connectivity index (χ4n) is 2.63. The van der Waals surface area contributed by atoms with Crippen LogP contribution in [0.1, 0.15) is 17.3 Å². The SMILES string of the molecule is CCOC(=O)c1cccc2[nH]c(-c3ccc4nc[nH]c4c3)nc12. The van der Waals surface area contributed by atoms with E-state index in [0.717, 1.165) is 22.1 Å². The third-order valence-electron chi connectivity index (χ3n) is 3.70. The summed E-state index contributed by atoms with van der Waals surface area (Å²) in [5, 5.41) is 0. The van der Waals surface area contributed by atoms with Gasteiger partial charge in [-0.3, -0.25) is 0 Å². The van der Waals surface area contributed by atoms with Gasteiger partial charge in [-0.25, -0.2) is 14.8 Å². The largest absolute Gasteiger partial charge is 0.462 e. The first-order chi connectivity index (χ1) is 11.3. The third-order valence-corrected chi connectivity index (χ3v) is 3.70. The second kappa shape index (κ2) is 5.24. The van der Waals surface area contributed by atoms with Crippen LogP contribution in [0.4, 0.5) is 0 Å². The van der Waals surface area contributed by atoms with E-state index in [-0.39, 0.29) is 5.97 Å². The van der Waals surface area contributed by atoms with E-state index in [2.05, 4.69) is 19.9 Å². The summed E-state index contributed by atoms with van der Waals surface area (Å²) in [5.74, 6) is 0.341. The maximum atomic E-state index is 12.1. The topological polar surface area (TPSA) is 83.7 Å². The van der Waals surface area contributed by atoms with Gasteiger partial charge < -0.3 is 14.7 Å². The molecule has 0 atom stereocenters. The number of fused-ring (bicyclic) bond motifs is 2. The number of ether oxygens (including phenoxy) is 1. The Morgan fingerprint density at radius 2 is 2.13 bits per heavy atom. The van der Waals surface area contributed by atoms with E-state index in [4.69, 9.17) is 4.74 Å². The summed E-state index contributed by atoms with van der Waals surface area (Å²) in [6, 6.07) is 11.3. The molecule has 4 rings (SSSR count). The lowest BCUT2D eigenvalue weighted by Crippen LogP contribution is -2.05. The first-order valence-corrected chi connectivity index (χ1v) is 7.35. The molecule has 114 valence electrons. The maximum Gasteiger partial charge on any atom is 0.340 e. The van der Waals surface area contributed by atoms with Crippen LogP contribution < -0.4 is 0 Å². The molecular formula is C17H14N4O2. The number of carbonyl (C=O) groups excluding carboxylic acids is 1.